The Bertz CT molecular complexity index is 843. The van der Waals surface area contributed by atoms with E-state index in [2.05, 4.69) is 10.4 Å². The predicted octanol–water partition coefficient (Wildman–Crippen LogP) is 1.14. The molecule has 1 unspecified atom stereocenters. The highest BCUT2D eigenvalue weighted by molar-refractivity contribution is 5.83. The highest BCUT2D eigenvalue weighted by Crippen LogP contribution is 2.19. The molecule has 0 aliphatic rings. The molecule has 2 N–H and O–H groups in total. The van der Waals surface area contributed by atoms with Crippen LogP contribution in [0.4, 0.5) is 0 Å². The van der Waals surface area contributed by atoms with Gasteiger partial charge in [0.05, 0.1) is 12.8 Å². The first kappa shape index (κ1) is 19.2. The van der Waals surface area contributed by atoms with Crippen LogP contribution in [-0.2, 0) is 16.1 Å². The summed E-state index contributed by atoms with van der Waals surface area (Å²) in [7, 11) is 1.56. The molecule has 1 atom stereocenters. The minimum atomic E-state index is -1.12. The van der Waals surface area contributed by atoms with Crippen molar-refractivity contribution in [3.05, 3.63) is 46.8 Å². The number of methoxy groups -OCH3 is 1. The smallest absolute Gasteiger partial charge is 0.326 e. The highest BCUT2D eigenvalue weighted by Gasteiger charge is 2.23. The third kappa shape index (κ3) is 4.69. The number of ether oxygens (including phenoxy) is 1. The number of hydrogen-bond acceptors (Lipinski definition) is 5. The zero-order valence-electron chi connectivity index (χ0n) is 14.8. The number of hydrogen-bond donors (Lipinski definition) is 2. The molecule has 0 bridgehead atoms. The maximum Gasteiger partial charge on any atom is 0.326 e. The summed E-state index contributed by atoms with van der Waals surface area (Å²) in [6.07, 6.45) is 0. The van der Waals surface area contributed by atoms with E-state index in [4.69, 9.17) is 9.84 Å². The summed E-state index contributed by atoms with van der Waals surface area (Å²) >= 11 is 0. The van der Waals surface area contributed by atoms with Gasteiger partial charge < -0.3 is 15.2 Å². The van der Waals surface area contributed by atoms with Crippen LogP contribution in [0.3, 0.4) is 0 Å². The average Bonchev–Trinajstić information content (AvgIpc) is 2.61. The Morgan fingerprint density at radius 1 is 1.19 bits per heavy atom. The second-order valence-corrected chi connectivity index (χ2v) is 6.07. The maximum absolute atomic E-state index is 12.1. The average molecular weight is 359 g/mol. The van der Waals surface area contributed by atoms with Crippen molar-refractivity contribution in [3.8, 4) is 17.0 Å². The Kier molecular flexibility index (Phi) is 6.11. The van der Waals surface area contributed by atoms with Crippen LogP contribution in [0.2, 0.25) is 0 Å². The van der Waals surface area contributed by atoms with Crippen molar-refractivity contribution >= 4 is 11.9 Å². The van der Waals surface area contributed by atoms with Gasteiger partial charge in [0, 0.05) is 11.6 Å². The van der Waals surface area contributed by atoms with E-state index in [-0.39, 0.29) is 12.5 Å². The number of carboxylic acid groups (broad SMARTS) is 1. The summed E-state index contributed by atoms with van der Waals surface area (Å²) in [6, 6.07) is 8.95. The van der Waals surface area contributed by atoms with E-state index in [0.717, 1.165) is 10.2 Å². The second kappa shape index (κ2) is 8.28. The molecular formula is C18H21N3O5. The normalized spacial score (nSPS) is 11.8. The van der Waals surface area contributed by atoms with Gasteiger partial charge in [-0.25, -0.2) is 9.48 Å². The second-order valence-electron chi connectivity index (χ2n) is 6.07. The van der Waals surface area contributed by atoms with Crippen LogP contribution in [0.1, 0.15) is 13.8 Å². The molecule has 0 spiro atoms. The number of carbonyl (C=O) groups is 2. The van der Waals surface area contributed by atoms with Crippen molar-refractivity contribution in [1.82, 2.24) is 15.1 Å². The van der Waals surface area contributed by atoms with Crippen LogP contribution in [0.25, 0.3) is 11.3 Å². The highest BCUT2D eigenvalue weighted by atomic mass is 16.5. The van der Waals surface area contributed by atoms with Crippen molar-refractivity contribution in [3.63, 3.8) is 0 Å². The lowest BCUT2D eigenvalue weighted by Crippen LogP contribution is -2.46. The Labute approximate surface area is 150 Å². The Morgan fingerprint density at radius 3 is 2.38 bits per heavy atom. The first-order valence-electron chi connectivity index (χ1n) is 8.06. The van der Waals surface area contributed by atoms with Crippen molar-refractivity contribution in [1.29, 1.82) is 0 Å². The number of aromatic nitrogens is 2. The fraction of sp³-hybridized carbons (Fsp3) is 0.333. The van der Waals surface area contributed by atoms with Gasteiger partial charge >= 0.3 is 5.97 Å². The van der Waals surface area contributed by atoms with E-state index in [0.29, 0.717) is 11.4 Å². The summed E-state index contributed by atoms with van der Waals surface area (Å²) in [5.41, 5.74) is 0.818. The molecule has 1 amide bonds. The van der Waals surface area contributed by atoms with Gasteiger partial charge in [-0.05, 0) is 36.2 Å². The molecule has 0 aliphatic carbocycles. The number of amides is 1. The zero-order chi connectivity index (χ0) is 19.3. The number of carboxylic acids is 1. The molecule has 1 heterocycles. The van der Waals surface area contributed by atoms with Crippen LogP contribution in [0, 0.1) is 5.92 Å². The molecule has 2 rings (SSSR count). The van der Waals surface area contributed by atoms with Gasteiger partial charge in [0.2, 0.25) is 5.91 Å². The third-order valence-electron chi connectivity index (χ3n) is 3.79. The van der Waals surface area contributed by atoms with Crippen LogP contribution in [-0.4, -0.2) is 39.9 Å². The lowest BCUT2D eigenvalue weighted by molar-refractivity contribution is -0.143. The summed E-state index contributed by atoms with van der Waals surface area (Å²) in [4.78, 5) is 35.3. The topological polar surface area (TPSA) is 111 Å². The molecule has 0 radical (unpaired) electrons. The van der Waals surface area contributed by atoms with E-state index in [1.807, 2.05) is 0 Å². The molecular weight excluding hydrogens is 338 g/mol. The molecule has 1 aromatic heterocycles. The van der Waals surface area contributed by atoms with E-state index < -0.39 is 23.5 Å². The van der Waals surface area contributed by atoms with Gasteiger partial charge in [0.15, 0.2) is 0 Å². The van der Waals surface area contributed by atoms with Crippen LogP contribution >= 0.6 is 0 Å². The molecule has 0 saturated heterocycles. The Balaban J connectivity index is 2.20. The largest absolute Gasteiger partial charge is 0.497 e. The minimum Gasteiger partial charge on any atom is -0.497 e. The van der Waals surface area contributed by atoms with E-state index in [9.17, 15) is 14.4 Å². The van der Waals surface area contributed by atoms with Gasteiger partial charge in [0.1, 0.15) is 18.3 Å². The number of nitrogens with zero attached hydrogens (tertiary/aromatic N) is 2. The quantitative estimate of drug-likeness (QED) is 0.767. The first-order valence-corrected chi connectivity index (χ1v) is 8.06. The predicted molar refractivity (Wildman–Crippen MR) is 94.9 cm³/mol. The molecule has 2 aromatic rings. The first-order chi connectivity index (χ1) is 12.3. The lowest BCUT2D eigenvalue weighted by atomic mass is 10.1. The maximum atomic E-state index is 12.1. The summed E-state index contributed by atoms with van der Waals surface area (Å²) < 4.78 is 6.11. The molecule has 0 fully saturated rings. The molecule has 26 heavy (non-hydrogen) atoms. The molecule has 8 heteroatoms. The Morgan fingerprint density at radius 2 is 1.85 bits per heavy atom. The fourth-order valence-electron chi connectivity index (χ4n) is 2.35. The molecule has 138 valence electrons. The van der Waals surface area contributed by atoms with Gasteiger partial charge in [-0.15, -0.1) is 0 Å². The lowest BCUT2D eigenvalue weighted by Gasteiger charge is -2.18. The molecule has 0 saturated carbocycles. The number of rotatable bonds is 7. The number of aliphatic carboxylic acids is 1. The number of nitrogens with one attached hydrogen (secondary N) is 1. The summed E-state index contributed by atoms with van der Waals surface area (Å²) in [5.74, 6) is -1.31. The standard InChI is InChI=1S/C18H21N3O5/c1-11(2)17(18(24)25)19-15(22)10-21-16(23)9-8-14(20-21)12-4-6-13(26-3)7-5-12/h4-9,11,17H,10H2,1-3H3,(H,19,22)(H,24,25). The zero-order valence-corrected chi connectivity index (χ0v) is 14.8. The van der Waals surface area contributed by atoms with Gasteiger partial charge in [-0.2, -0.15) is 5.10 Å². The molecule has 0 aliphatic heterocycles. The number of benzene rings is 1. The van der Waals surface area contributed by atoms with Crippen LogP contribution in [0.5, 0.6) is 5.75 Å². The molecule has 1 aromatic carbocycles. The van der Waals surface area contributed by atoms with Crippen molar-refractivity contribution in [2.75, 3.05) is 7.11 Å². The Hall–Kier alpha value is -3.16. The van der Waals surface area contributed by atoms with E-state index in [1.165, 1.54) is 6.07 Å². The van der Waals surface area contributed by atoms with Crippen molar-refractivity contribution in [2.45, 2.75) is 26.4 Å². The van der Waals surface area contributed by atoms with Crippen LogP contribution in [0.15, 0.2) is 41.2 Å². The van der Waals surface area contributed by atoms with Gasteiger partial charge in [-0.1, -0.05) is 13.8 Å². The molecule has 8 nitrogen and oxygen atoms in total. The fourth-order valence-corrected chi connectivity index (χ4v) is 2.35. The van der Waals surface area contributed by atoms with Gasteiger partial charge in [0.25, 0.3) is 5.56 Å². The monoisotopic (exact) mass is 359 g/mol. The van der Waals surface area contributed by atoms with Crippen molar-refractivity contribution < 1.29 is 19.4 Å². The summed E-state index contributed by atoms with van der Waals surface area (Å²) in [6.45, 7) is 3.01. The summed E-state index contributed by atoms with van der Waals surface area (Å²) in [5, 5.41) is 15.7. The van der Waals surface area contributed by atoms with E-state index in [1.54, 1.807) is 51.3 Å². The third-order valence-corrected chi connectivity index (χ3v) is 3.79. The van der Waals surface area contributed by atoms with Crippen LogP contribution < -0.4 is 15.6 Å². The minimum absolute atomic E-state index is 0.285. The van der Waals surface area contributed by atoms with Gasteiger partial charge in [-0.3, -0.25) is 9.59 Å². The van der Waals surface area contributed by atoms with E-state index >= 15 is 0 Å². The van der Waals surface area contributed by atoms with Crippen molar-refractivity contribution in [2.24, 2.45) is 5.92 Å². The SMILES string of the molecule is COc1ccc(-c2ccc(=O)n(CC(=O)NC(C(=O)O)C(C)C)n2)cc1. The number of carbonyl (C=O) groups excluding carboxylic acids is 1.